The molecule has 0 atom stereocenters. The van der Waals surface area contributed by atoms with Crippen LogP contribution in [0, 0.1) is 0 Å². The number of rotatable bonds is 7. The van der Waals surface area contributed by atoms with Crippen LogP contribution >= 0.6 is 24.0 Å². The first kappa shape index (κ1) is 20.2. The minimum absolute atomic E-state index is 0. The molecule has 0 amide bonds. The topological polar surface area (TPSA) is 96.6 Å². The van der Waals surface area contributed by atoms with E-state index in [2.05, 4.69) is 22.0 Å². The highest BCUT2D eigenvalue weighted by Gasteiger charge is 2.21. The van der Waals surface area contributed by atoms with Gasteiger partial charge in [0, 0.05) is 12.1 Å². The first-order valence-electron chi connectivity index (χ1n) is 5.69. The maximum Gasteiger partial charge on any atom is 0.209 e. The second-order valence-electron chi connectivity index (χ2n) is 4.74. The number of sulfonamides is 1. The standard InChI is InChI=1S/C10H24N4O2S.HI/c1-5-6-7-12-9(11)13-8-10(2,3)14-17(4,15)16;/h14H,5-8H2,1-4H3,(H3,11,12,13);1H. The summed E-state index contributed by atoms with van der Waals surface area (Å²) in [6.07, 6.45) is 3.24. The van der Waals surface area contributed by atoms with Crippen LogP contribution in [0.15, 0.2) is 4.99 Å². The maximum atomic E-state index is 11.1. The summed E-state index contributed by atoms with van der Waals surface area (Å²) in [7, 11) is -3.23. The van der Waals surface area contributed by atoms with Crippen molar-refractivity contribution in [2.24, 2.45) is 10.7 Å². The molecule has 0 aromatic rings. The van der Waals surface area contributed by atoms with Crippen LogP contribution in [0.3, 0.4) is 0 Å². The lowest BCUT2D eigenvalue weighted by Crippen LogP contribution is -2.46. The summed E-state index contributed by atoms with van der Waals surface area (Å²) in [6.45, 7) is 6.69. The molecule has 0 aromatic heterocycles. The van der Waals surface area contributed by atoms with Crippen molar-refractivity contribution in [2.75, 3.05) is 19.3 Å². The van der Waals surface area contributed by atoms with Crippen molar-refractivity contribution in [3.05, 3.63) is 0 Å². The van der Waals surface area contributed by atoms with Gasteiger partial charge in [-0.15, -0.1) is 24.0 Å². The third kappa shape index (κ3) is 12.4. The van der Waals surface area contributed by atoms with Gasteiger partial charge >= 0.3 is 0 Å². The Labute approximate surface area is 127 Å². The first-order chi connectivity index (χ1) is 7.66. The van der Waals surface area contributed by atoms with Crippen molar-refractivity contribution >= 4 is 40.0 Å². The molecule has 0 saturated heterocycles. The molecule has 0 heterocycles. The highest BCUT2D eigenvalue weighted by molar-refractivity contribution is 14.0. The molecule has 0 aliphatic carbocycles. The third-order valence-corrected chi connectivity index (χ3v) is 2.87. The van der Waals surface area contributed by atoms with E-state index in [4.69, 9.17) is 5.73 Å². The summed E-state index contributed by atoms with van der Waals surface area (Å²) in [6, 6.07) is 0. The van der Waals surface area contributed by atoms with Crippen molar-refractivity contribution in [1.29, 1.82) is 0 Å². The Morgan fingerprint density at radius 1 is 1.39 bits per heavy atom. The van der Waals surface area contributed by atoms with Crippen LogP contribution in [-0.4, -0.2) is 39.3 Å². The van der Waals surface area contributed by atoms with Gasteiger partial charge in [-0.25, -0.2) is 13.1 Å². The molecule has 0 radical (unpaired) electrons. The van der Waals surface area contributed by atoms with Crippen molar-refractivity contribution in [2.45, 2.75) is 39.2 Å². The SMILES string of the molecule is CCCCNC(N)=NCC(C)(C)NS(C)(=O)=O.I. The van der Waals surface area contributed by atoms with E-state index in [0.717, 1.165) is 25.6 Å². The van der Waals surface area contributed by atoms with E-state index in [-0.39, 0.29) is 24.0 Å². The highest BCUT2D eigenvalue weighted by Crippen LogP contribution is 2.03. The number of unbranched alkanes of at least 4 members (excludes halogenated alkanes) is 1. The number of hydrogen-bond donors (Lipinski definition) is 3. The van der Waals surface area contributed by atoms with E-state index >= 15 is 0 Å². The third-order valence-electron chi connectivity index (χ3n) is 1.94. The van der Waals surface area contributed by atoms with Crippen LogP contribution < -0.4 is 15.8 Å². The number of halogens is 1. The molecule has 0 unspecified atom stereocenters. The summed E-state index contributed by atoms with van der Waals surface area (Å²) in [5, 5.41) is 2.97. The molecular weight excluding hydrogens is 367 g/mol. The Kier molecular flexibility index (Phi) is 10.0. The average Bonchev–Trinajstić information content (AvgIpc) is 2.12. The van der Waals surface area contributed by atoms with Crippen molar-refractivity contribution in [3.63, 3.8) is 0 Å². The predicted molar refractivity (Wildman–Crippen MR) is 86.9 cm³/mol. The van der Waals surface area contributed by atoms with Crippen LogP contribution in [0.5, 0.6) is 0 Å². The molecule has 0 bridgehead atoms. The van der Waals surface area contributed by atoms with Crippen LogP contribution in [0.4, 0.5) is 0 Å². The first-order valence-corrected chi connectivity index (χ1v) is 7.58. The Bertz CT molecular complexity index is 355. The van der Waals surface area contributed by atoms with Crippen LogP contribution in [0.25, 0.3) is 0 Å². The van der Waals surface area contributed by atoms with Gasteiger partial charge in [0.1, 0.15) is 0 Å². The molecule has 0 fully saturated rings. The monoisotopic (exact) mass is 392 g/mol. The van der Waals surface area contributed by atoms with Crippen LogP contribution in [-0.2, 0) is 10.0 Å². The Balaban J connectivity index is 0. The lowest BCUT2D eigenvalue weighted by atomic mass is 10.1. The molecule has 0 aliphatic rings. The van der Waals surface area contributed by atoms with Crippen LogP contribution in [0.2, 0.25) is 0 Å². The molecule has 0 spiro atoms. The van der Waals surface area contributed by atoms with Crippen molar-refractivity contribution in [1.82, 2.24) is 10.0 Å². The van der Waals surface area contributed by atoms with E-state index in [9.17, 15) is 8.42 Å². The molecule has 0 aromatic carbocycles. The summed E-state index contributed by atoms with van der Waals surface area (Å²) in [5.74, 6) is 0.349. The van der Waals surface area contributed by atoms with Gasteiger partial charge in [0.15, 0.2) is 5.96 Å². The van der Waals surface area contributed by atoms with Gasteiger partial charge in [-0.05, 0) is 20.3 Å². The molecular formula is C10H25IN4O2S. The van der Waals surface area contributed by atoms with E-state index in [0.29, 0.717) is 12.5 Å². The molecule has 8 heteroatoms. The number of aliphatic imine (C=N–C) groups is 1. The number of nitrogens with one attached hydrogen (secondary N) is 2. The molecule has 4 N–H and O–H groups in total. The van der Waals surface area contributed by atoms with E-state index in [1.54, 1.807) is 13.8 Å². The van der Waals surface area contributed by atoms with E-state index in [1.807, 2.05) is 0 Å². The van der Waals surface area contributed by atoms with Crippen LogP contribution in [0.1, 0.15) is 33.6 Å². The Morgan fingerprint density at radius 2 is 1.94 bits per heavy atom. The number of nitrogens with zero attached hydrogens (tertiary/aromatic N) is 1. The van der Waals surface area contributed by atoms with Gasteiger partial charge in [-0.3, -0.25) is 4.99 Å². The zero-order valence-corrected chi connectivity index (χ0v) is 14.6. The Hall–Kier alpha value is -0.0900. The largest absolute Gasteiger partial charge is 0.370 e. The van der Waals surface area contributed by atoms with Gasteiger partial charge in [-0.2, -0.15) is 0 Å². The molecule has 110 valence electrons. The van der Waals surface area contributed by atoms with E-state index in [1.165, 1.54) is 0 Å². The van der Waals surface area contributed by atoms with Gasteiger partial charge < -0.3 is 11.1 Å². The fourth-order valence-electron chi connectivity index (χ4n) is 1.27. The smallest absolute Gasteiger partial charge is 0.209 e. The molecule has 18 heavy (non-hydrogen) atoms. The molecule has 6 nitrogen and oxygen atoms in total. The summed E-state index contributed by atoms with van der Waals surface area (Å²) in [5.41, 5.74) is 5.01. The Morgan fingerprint density at radius 3 is 2.39 bits per heavy atom. The summed E-state index contributed by atoms with van der Waals surface area (Å²) >= 11 is 0. The summed E-state index contributed by atoms with van der Waals surface area (Å²) < 4.78 is 24.7. The lowest BCUT2D eigenvalue weighted by Gasteiger charge is -2.22. The number of hydrogen-bond acceptors (Lipinski definition) is 3. The molecule has 0 rings (SSSR count). The normalized spacial score (nSPS) is 13.0. The fraction of sp³-hybridized carbons (Fsp3) is 0.900. The second kappa shape index (κ2) is 8.92. The van der Waals surface area contributed by atoms with Gasteiger partial charge in [-0.1, -0.05) is 13.3 Å². The van der Waals surface area contributed by atoms with Gasteiger partial charge in [0.2, 0.25) is 10.0 Å². The number of nitrogens with two attached hydrogens (primary N) is 1. The minimum Gasteiger partial charge on any atom is -0.370 e. The lowest BCUT2D eigenvalue weighted by molar-refractivity contribution is 0.465. The fourth-order valence-corrected chi connectivity index (χ4v) is 2.33. The zero-order valence-electron chi connectivity index (χ0n) is 11.5. The van der Waals surface area contributed by atoms with Gasteiger partial charge in [0.05, 0.1) is 12.8 Å². The van der Waals surface area contributed by atoms with Crippen molar-refractivity contribution < 1.29 is 8.42 Å². The highest BCUT2D eigenvalue weighted by atomic mass is 127. The summed E-state index contributed by atoms with van der Waals surface area (Å²) in [4.78, 5) is 4.11. The second-order valence-corrected chi connectivity index (χ2v) is 6.49. The van der Waals surface area contributed by atoms with Gasteiger partial charge in [0.25, 0.3) is 0 Å². The quantitative estimate of drug-likeness (QED) is 0.256. The zero-order chi connectivity index (χ0) is 13.5. The molecule has 0 aliphatic heterocycles. The number of guanidine groups is 1. The van der Waals surface area contributed by atoms with Crippen molar-refractivity contribution in [3.8, 4) is 0 Å². The molecule has 0 saturated carbocycles. The predicted octanol–water partition coefficient (Wildman–Crippen LogP) is 0.637. The average molecular weight is 392 g/mol. The maximum absolute atomic E-state index is 11.1. The van der Waals surface area contributed by atoms with E-state index < -0.39 is 15.6 Å². The minimum atomic E-state index is -3.23.